The Morgan fingerprint density at radius 1 is 1.24 bits per heavy atom. The highest BCUT2D eigenvalue weighted by Crippen LogP contribution is 2.12. The van der Waals surface area contributed by atoms with Crippen molar-refractivity contribution in [3.63, 3.8) is 0 Å². The number of nitrogens with zero attached hydrogens (tertiary/aromatic N) is 2. The van der Waals surface area contributed by atoms with E-state index in [-0.39, 0.29) is 12.6 Å². The Kier molecular flexibility index (Phi) is 5.53. The number of para-hydroxylation sites is 1. The predicted octanol–water partition coefficient (Wildman–Crippen LogP) is 2.68. The zero-order chi connectivity index (χ0) is 15.2. The van der Waals surface area contributed by atoms with Crippen molar-refractivity contribution in [2.45, 2.75) is 39.8 Å². The van der Waals surface area contributed by atoms with Crippen LogP contribution >= 0.6 is 0 Å². The van der Waals surface area contributed by atoms with Gasteiger partial charge in [-0.15, -0.1) is 0 Å². The Hall–Kier alpha value is -1.65. The first-order chi connectivity index (χ1) is 10.1. The number of rotatable bonds is 7. The maximum Gasteiger partial charge on any atom is 0.0645 e. The molecule has 1 unspecified atom stereocenters. The molecule has 0 saturated heterocycles. The van der Waals surface area contributed by atoms with Crippen molar-refractivity contribution in [3.05, 3.63) is 47.8 Å². The van der Waals surface area contributed by atoms with Crippen molar-refractivity contribution >= 4 is 0 Å². The predicted molar refractivity (Wildman–Crippen MR) is 85.5 cm³/mol. The Labute approximate surface area is 126 Å². The molecular formula is C17H25N3O. The third-order valence-corrected chi connectivity index (χ3v) is 3.58. The molecule has 1 atom stereocenters. The van der Waals surface area contributed by atoms with Gasteiger partial charge in [0, 0.05) is 24.3 Å². The maximum atomic E-state index is 9.42. The monoisotopic (exact) mass is 287 g/mol. The molecule has 0 aliphatic carbocycles. The summed E-state index contributed by atoms with van der Waals surface area (Å²) in [7, 11) is 0. The summed E-state index contributed by atoms with van der Waals surface area (Å²) < 4.78 is 1.91. The van der Waals surface area contributed by atoms with Crippen LogP contribution in [-0.2, 0) is 6.54 Å². The molecule has 0 aliphatic heterocycles. The fourth-order valence-electron chi connectivity index (χ4n) is 2.43. The highest BCUT2D eigenvalue weighted by molar-refractivity contribution is 5.32. The average molecular weight is 287 g/mol. The molecule has 0 aliphatic rings. The van der Waals surface area contributed by atoms with E-state index in [9.17, 15) is 5.11 Å². The summed E-state index contributed by atoms with van der Waals surface area (Å²) in [6.07, 6.45) is 3.03. The van der Waals surface area contributed by atoms with Crippen molar-refractivity contribution < 1.29 is 5.11 Å². The molecule has 1 heterocycles. The zero-order valence-corrected chi connectivity index (χ0v) is 13.1. The number of benzene rings is 1. The molecular weight excluding hydrogens is 262 g/mol. The van der Waals surface area contributed by atoms with E-state index in [2.05, 4.69) is 30.5 Å². The van der Waals surface area contributed by atoms with Crippen molar-refractivity contribution in [3.8, 4) is 5.69 Å². The third kappa shape index (κ3) is 4.41. The number of nitrogens with one attached hydrogen (secondary N) is 1. The van der Waals surface area contributed by atoms with E-state index in [0.29, 0.717) is 5.92 Å². The summed E-state index contributed by atoms with van der Waals surface area (Å²) in [5.41, 5.74) is 3.25. The molecule has 2 N–H and O–H groups in total. The van der Waals surface area contributed by atoms with E-state index in [4.69, 9.17) is 0 Å². The quantitative estimate of drug-likeness (QED) is 0.823. The second-order valence-electron chi connectivity index (χ2n) is 5.91. The minimum atomic E-state index is 0.143. The molecule has 0 fully saturated rings. The molecule has 0 bridgehead atoms. The van der Waals surface area contributed by atoms with Gasteiger partial charge in [-0.3, -0.25) is 0 Å². The molecule has 4 nitrogen and oxygen atoms in total. The molecule has 0 radical (unpaired) electrons. The number of aliphatic hydroxyl groups excluding tert-OH is 1. The highest BCUT2D eigenvalue weighted by atomic mass is 16.3. The summed E-state index contributed by atoms with van der Waals surface area (Å²) in [6, 6.07) is 10.2. The summed E-state index contributed by atoms with van der Waals surface area (Å²) in [6.45, 7) is 7.26. The Balaban J connectivity index is 2.03. The van der Waals surface area contributed by atoms with Crippen LogP contribution in [0.3, 0.4) is 0 Å². The van der Waals surface area contributed by atoms with Crippen LogP contribution in [0.5, 0.6) is 0 Å². The Morgan fingerprint density at radius 2 is 1.95 bits per heavy atom. The molecule has 4 heteroatoms. The summed E-state index contributed by atoms with van der Waals surface area (Å²) in [5.74, 6) is 0.572. The van der Waals surface area contributed by atoms with Crippen LogP contribution in [0.2, 0.25) is 0 Å². The van der Waals surface area contributed by atoms with Crippen molar-refractivity contribution in [2.24, 2.45) is 5.92 Å². The van der Waals surface area contributed by atoms with Crippen LogP contribution in [-0.4, -0.2) is 27.5 Å². The summed E-state index contributed by atoms with van der Waals surface area (Å²) in [5, 5.41) is 17.4. The number of aliphatic hydroxyl groups is 1. The SMILES string of the molecule is Cc1nn(-c2ccccc2)cc1CNC(CO)CC(C)C. The standard InChI is InChI=1S/C17H25N3O/c1-13(2)9-16(12-21)18-10-15-11-20(19-14(15)3)17-7-5-4-6-8-17/h4-8,11,13,16,18,21H,9-10,12H2,1-3H3. The zero-order valence-electron chi connectivity index (χ0n) is 13.1. The minimum Gasteiger partial charge on any atom is -0.395 e. The Bertz CT molecular complexity index is 548. The summed E-state index contributed by atoms with van der Waals surface area (Å²) in [4.78, 5) is 0. The Morgan fingerprint density at radius 3 is 2.57 bits per heavy atom. The van der Waals surface area contributed by atoms with Crippen LogP contribution in [0.25, 0.3) is 5.69 Å². The summed E-state index contributed by atoms with van der Waals surface area (Å²) >= 11 is 0. The van der Waals surface area contributed by atoms with Gasteiger partial charge in [0.25, 0.3) is 0 Å². The van der Waals surface area contributed by atoms with Crippen LogP contribution < -0.4 is 5.32 Å². The smallest absolute Gasteiger partial charge is 0.0645 e. The first-order valence-electron chi connectivity index (χ1n) is 7.55. The topological polar surface area (TPSA) is 50.1 Å². The second kappa shape index (κ2) is 7.38. The van der Waals surface area contributed by atoms with Crippen LogP contribution in [0.4, 0.5) is 0 Å². The first-order valence-corrected chi connectivity index (χ1v) is 7.55. The van der Waals surface area contributed by atoms with E-state index >= 15 is 0 Å². The second-order valence-corrected chi connectivity index (χ2v) is 5.91. The average Bonchev–Trinajstić information content (AvgIpc) is 2.85. The number of hydrogen-bond donors (Lipinski definition) is 2. The van der Waals surface area contributed by atoms with Gasteiger partial charge in [0.15, 0.2) is 0 Å². The van der Waals surface area contributed by atoms with Crippen LogP contribution in [0.1, 0.15) is 31.5 Å². The van der Waals surface area contributed by atoms with Gasteiger partial charge in [-0.05, 0) is 31.4 Å². The molecule has 0 saturated carbocycles. The molecule has 2 aromatic rings. The lowest BCUT2D eigenvalue weighted by molar-refractivity contribution is 0.223. The van der Waals surface area contributed by atoms with E-state index in [1.54, 1.807) is 0 Å². The van der Waals surface area contributed by atoms with E-state index in [0.717, 1.165) is 24.3 Å². The number of hydrogen-bond acceptors (Lipinski definition) is 3. The van der Waals surface area contributed by atoms with Crippen LogP contribution in [0, 0.1) is 12.8 Å². The van der Waals surface area contributed by atoms with Gasteiger partial charge in [0.05, 0.1) is 18.0 Å². The molecule has 0 amide bonds. The van der Waals surface area contributed by atoms with Gasteiger partial charge >= 0.3 is 0 Å². The third-order valence-electron chi connectivity index (χ3n) is 3.58. The van der Waals surface area contributed by atoms with Crippen LogP contribution in [0.15, 0.2) is 36.5 Å². The van der Waals surface area contributed by atoms with Gasteiger partial charge in [0.1, 0.15) is 0 Å². The van der Waals surface area contributed by atoms with Crippen molar-refractivity contribution in [2.75, 3.05) is 6.61 Å². The number of aromatic nitrogens is 2. The molecule has 21 heavy (non-hydrogen) atoms. The fraction of sp³-hybridized carbons (Fsp3) is 0.471. The molecule has 1 aromatic heterocycles. The van der Waals surface area contributed by atoms with Crippen molar-refractivity contribution in [1.29, 1.82) is 0 Å². The maximum absolute atomic E-state index is 9.42. The fourth-order valence-corrected chi connectivity index (χ4v) is 2.43. The molecule has 2 rings (SSSR count). The minimum absolute atomic E-state index is 0.143. The highest BCUT2D eigenvalue weighted by Gasteiger charge is 2.11. The van der Waals surface area contributed by atoms with Gasteiger partial charge in [-0.2, -0.15) is 5.10 Å². The molecule has 0 spiro atoms. The van der Waals surface area contributed by atoms with E-state index in [1.165, 1.54) is 5.56 Å². The largest absolute Gasteiger partial charge is 0.395 e. The van der Waals surface area contributed by atoms with Gasteiger partial charge in [0.2, 0.25) is 0 Å². The van der Waals surface area contributed by atoms with E-state index < -0.39 is 0 Å². The lowest BCUT2D eigenvalue weighted by atomic mass is 10.0. The molecule has 1 aromatic carbocycles. The molecule has 114 valence electrons. The van der Waals surface area contributed by atoms with Gasteiger partial charge in [-0.25, -0.2) is 4.68 Å². The lowest BCUT2D eigenvalue weighted by Gasteiger charge is -2.17. The lowest BCUT2D eigenvalue weighted by Crippen LogP contribution is -2.33. The number of aryl methyl sites for hydroxylation is 1. The first kappa shape index (κ1) is 15.7. The van der Waals surface area contributed by atoms with Crippen molar-refractivity contribution in [1.82, 2.24) is 15.1 Å². The van der Waals surface area contributed by atoms with Gasteiger partial charge in [-0.1, -0.05) is 32.0 Å². The normalized spacial score (nSPS) is 12.8. The van der Waals surface area contributed by atoms with E-state index in [1.807, 2.05) is 41.9 Å². The van der Waals surface area contributed by atoms with Gasteiger partial charge < -0.3 is 10.4 Å².